The maximum Gasteiger partial charge on any atom is 0.323 e. The summed E-state index contributed by atoms with van der Waals surface area (Å²) in [6, 6.07) is 0. The van der Waals surface area contributed by atoms with Crippen molar-refractivity contribution < 1.29 is 19.4 Å². The van der Waals surface area contributed by atoms with E-state index >= 15 is 0 Å². The zero-order chi connectivity index (χ0) is 12.8. The molecule has 1 saturated carbocycles. The molecule has 1 N–H and O–H groups in total. The Morgan fingerprint density at radius 1 is 1.41 bits per heavy atom. The normalized spacial score (nSPS) is 24.4. The molecule has 0 heterocycles. The lowest BCUT2D eigenvalue weighted by atomic mass is 9.89. The van der Waals surface area contributed by atoms with Crippen LogP contribution in [-0.4, -0.2) is 48.2 Å². The van der Waals surface area contributed by atoms with Gasteiger partial charge in [-0.05, 0) is 18.8 Å². The average molecular weight is 243 g/mol. The Bertz CT molecular complexity index is 280. The van der Waals surface area contributed by atoms with Crippen molar-refractivity contribution in [2.45, 2.75) is 38.7 Å². The highest BCUT2D eigenvalue weighted by molar-refractivity contribution is 5.81. The lowest BCUT2D eigenvalue weighted by molar-refractivity contribution is -0.146. The zero-order valence-electron chi connectivity index (χ0n) is 10.5. The molecule has 1 aliphatic rings. The summed E-state index contributed by atoms with van der Waals surface area (Å²) in [5, 5.41) is 8.55. The Morgan fingerprint density at radius 2 is 2.12 bits per heavy atom. The molecule has 1 fully saturated rings. The van der Waals surface area contributed by atoms with E-state index in [2.05, 4.69) is 6.92 Å². The summed E-state index contributed by atoms with van der Waals surface area (Å²) in [4.78, 5) is 23.1. The van der Waals surface area contributed by atoms with Crippen LogP contribution >= 0.6 is 0 Å². The summed E-state index contributed by atoms with van der Waals surface area (Å²) in [6.45, 7) is 1.90. The molecule has 2 atom stereocenters. The van der Waals surface area contributed by atoms with E-state index in [-0.39, 0.29) is 25.2 Å². The second-order valence-electron chi connectivity index (χ2n) is 4.85. The number of carboxylic acids is 1. The molecule has 0 spiro atoms. The molecule has 0 aromatic heterocycles. The zero-order valence-corrected chi connectivity index (χ0v) is 10.5. The van der Waals surface area contributed by atoms with Crippen LogP contribution < -0.4 is 0 Å². The first-order valence-electron chi connectivity index (χ1n) is 6.06. The molecule has 1 rings (SSSR count). The summed E-state index contributed by atoms with van der Waals surface area (Å²) in [7, 11) is 1.48. The number of likely N-dealkylation sites (N-methyl/N-ethyl adjacent to an activating group) is 1. The van der Waals surface area contributed by atoms with Crippen molar-refractivity contribution in [3.8, 4) is 0 Å². The first kappa shape index (κ1) is 14.0. The fourth-order valence-electron chi connectivity index (χ4n) is 2.12. The van der Waals surface area contributed by atoms with E-state index in [4.69, 9.17) is 9.84 Å². The number of carbonyl (C=O) groups is 2. The van der Waals surface area contributed by atoms with Crippen LogP contribution in [0.5, 0.6) is 0 Å². The summed E-state index contributed by atoms with van der Waals surface area (Å²) in [5.41, 5.74) is 0. The minimum atomic E-state index is -1.01. The van der Waals surface area contributed by atoms with Crippen molar-refractivity contribution in [1.82, 2.24) is 4.90 Å². The molecule has 0 bridgehead atoms. The fraction of sp³-hybridized carbons (Fsp3) is 0.833. The number of rotatable bonds is 5. The van der Waals surface area contributed by atoms with Crippen LogP contribution in [0, 0.1) is 5.92 Å². The lowest BCUT2D eigenvalue weighted by Crippen LogP contribution is -2.36. The third kappa shape index (κ3) is 5.17. The van der Waals surface area contributed by atoms with E-state index in [1.54, 1.807) is 0 Å². The highest BCUT2D eigenvalue weighted by atomic mass is 16.5. The monoisotopic (exact) mass is 243 g/mol. The number of aliphatic carboxylic acids is 1. The Balaban J connectivity index is 2.25. The summed E-state index contributed by atoms with van der Waals surface area (Å²) in [5.74, 6) is -0.627. The van der Waals surface area contributed by atoms with E-state index in [1.807, 2.05) is 0 Å². The van der Waals surface area contributed by atoms with Gasteiger partial charge < -0.3 is 14.7 Å². The van der Waals surface area contributed by atoms with Crippen LogP contribution in [0.25, 0.3) is 0 Å². The molecule has 1 amide bonds. The number of carbonyl (C=O) groups excluding carboxylic acids is 1. The Hall–Kier alpha value is -1.10. The molecule has 0 radical (unpaired) electrons. The Labute approximate surface area is 102 Å². The van der Waals surface area contributed by atoms with Gasteiger partial charge in [0.2, 0.25) is 5.91 Å². The topological polar surface area (TPSA) is 66.8 Å². The SMILES string of the molecule is C[C@@H]1CCC[C@@H](OCC(=O)N(C)CC(=O)O)C1. The van der Waals surface area contributed by atoms with Gasteiger partial charge in [0.15, 0.2) is 0 Å². The predicted molar refractivity (Wildman–Crippen MR) is 62.6 cm³/mol. The highest BCUT2D eigenvalue weighted by Crippen LogP contribution is 2.25. The predicted octanol–water partition coefficient (Wildman–Crippen LogP) is 1.12. The molecular weight excluding hydrogens is 222 g/mol. The molecule has 17 heavy (non-hydrogen) atoms. The van der Waals surface area contributed by atoms with Crippen LogP contribution in [0.4, 0.5) is 0 Å². The van der Waals surface area contributed by atoms with E-state index in [9.17, 15) is 9.59 Å². The Kier molecular flexibility index (Phi) is 5.41. The van der Waals surface area contributed by atoms with Crippen molar-refractivity contribution in [3.63, 3.8) is 0 Å². The van der Waals surface area contributed by atoms with Crippen LogP contribution in [0.3, 0.4) is 0 Å². The number of nitrogens with zero attached hydrogens (tertiary/aromatic N) is 1. The molecule has 5 heteroatoms. The minimum absolute atomic E-state index is 0.0127. The van der Waals surface area contributed by atoms with Crippen LogP contribution in [0.1, 0.15) is 32.6 Å². The van der Waals surface area contributed by atoms with Gasteiger partial charge in [0.1, 0.15) is 13.2 Å². The summed E-state index contributed by atoms with van der Waals surface area (Å²) in [6.07, 6.45) is 4.52. The van der Waals surface area contributed by atoms with E-state index in [1.165, 1.54) is 18.4 Å². The van der Waals surface area contributed by atoms with E-state index in [0.717, 1.165) is 19.3 Å². The van der Waals surface area contributed by atoms with E-state index in [0.29, 0.717) is 5.92 Å². The molecule has 0 aromatic rings. The van der Waals surface area contributed by atoms with Crippen LogP contribution in [-0.2, 0) is 14.3 Å². The van der Waals surface area contributed by atoms with Crippen LogP contribution in [0.2, 0.25) is 0 Å². The second-order valence-corrected chi connectivity index (χ2v) is 4.85. The fourth-order valence-corrected chi connectivity index (χ4v) is 2.12. The van der Waals surface area contributed by atoms with Gasteiger partial charge in [0.25, 0.3) is 0 Å². The first-order valence-corrected chi connectivity index (χ1v) is 6.06. The summed E-state index contributed by atoms with van der Waals surface area (Å²) < 4.78 is 5.53. The van der Waals surface area contributed by atoms with Gasteiger partial charge >= 0.3 is 5.97 Å². The van der Waals surface area contributed by atoms with Crippen molar-refractivity contribution in [3.05, 3.63) is 0 Å². The van der Waals surface area contributed by atoms with Crippen molar-refractivity contribution in [1.29, 1.82) is 0 Å². The molecule has 98 valence electrons. The Morgan fingerprint density at radius 3 is 2.71 bits per heavy atom. The van der Waals surface area contributed by atoms with Gasteiger partial charge in [0, 0.05) is 7.05 Å². The third-order valence-electron chi connectivity index (χ3n) is 3.13. The number of hydrogen-bond donors (Lipinski definition) is 1. The lowest BCUT2D eigenvalue weighted by Gasteiger charge is -2.27. The number of amides is 1. The molecule has 5 nitrogen and oxygen atoms in total. The van der Waals surface area contributed by atoms with Crippen molar-refractivity contribution >= 4 is 11.9 Å². The highest BCUT2D eigenvalue weighted by Gasteiger charge is 2.21. The molecule has 1 aliphatic carbocycles. The smallest absolute Gasteiger partial charge is 0.323 e. The van der Waals surface area contributed by atoms with Gasteiger partial charge in [-0.3, -0.25) is 9.59 Å². The van der Waals surface area contributed by atoms with Crippen molar-refractivity contribution in [2.24, 2.45) is 5.92 Å². The van der Waals surface area contributed by atoms with Gasteiger partial charge in [-0.25, -0.2) is 0 Å². The quantitative estimate of drug-likeness (QED) is 0.786. The average Bonchev–Trinajstić information content (AvgIpc) is 2.25. The molecule has 0 unspecified atom stereocenters. The van der Waals surface area contributed by atoms with Gasteiger partial charge in [-0.15, -0.1) is 0 Å². The first-order chi connectivity index (χ1) is 7.99. The van der Waals surface area contributed by atoms with Crippen molar-refractivity contribution in [2.75, 3.05) is 20.2 Å². The molecule has 0 aliphatic heterocycles. The molecular formula is C12H21NO4. The maximum atomic E-state index is 11.5. The van der Waals surface area contributed by atoms with Crippen LogP contribution in [0.15, 0.2) is 0 Å². The summed E-state index contributed by atoms with van der Waals surface area (Å²) >= 11 is 0. The molecule has 0 aromatic carbocycles. The van der Waals surface area contributed by atoms with Gasteiger partial charge in [-0.1, -0.05) is 19.8 Å². The maximum absolute atomic E-state index is 11.5. The number of ether oxygens (including phenoxy) is 1. The number of carboxylic acid groups (broad SMARTS) is 1. The second kappa shape index (κ2) is 6.59. The largest absolute Gasteiger partial charge is 0.480 e. The van der Waals surface area contributed by atoms with Gasteiger partial charge in [0.05, 0.1) is 6.10 Å². The molecule has 0 saturated heterocycles. The number of hydrogen-bond acceptors (Lipinski definition) is 3. The third-order valence-corrected chi connectivity index (χ3v) is 3.13. The minimum Gasteiger partial charge on any atom is -0.480 e. The van der Waals surface area contributed by atoms with Gasteiger partial charge in [-0.2, -0.15) is 0 Å². The standard InChI is InChI=1S/C12H21NO4/c1-9-4-3-5-10(6-9)17-8-11(14)13(2)7-12(15)16/h9-10H,3-8H2,1-2H3,(H,15,16)/t9-,10-/m1/s1. The van der Waals surface area contributed by atoms with E-state index < -0.39 is 5.97 Å².